The standard InChI is InChI=1S/C24H28O9/c1-7-30-23(25)21-20(13-8-18(26-3)22(28-5)19(9-13)27-4)14-10-16-17(32-12-31-16)11-15(14)33-24(21,2)29-6/h8-11,20-21H,7,12H2,1-6H3/t20-,21-,24-/m0/s1. The first-order valence-corrected chi connectivity index (χ1v) is 10.5. The Morgan fingerprint density at radius 3 is 2.15 bits per heavy atom. The van der Waals surface area contributed by atoms with Gasteiger partial charge >= 0.3 is 5.97 Å². The van der Waals surface area contributed by atoms with E-state index in [0.717, 1.165) is 11.1 Å². The highest BCUT2D eigenvalue weighted by Crippen LogP contribution is 2.54. The van der Waals surface area contributed by atoms with E-state index < -0.39 is 23.6 Å². The van der Waals surface area contributed by atoms with Crippen LogP contribution in [0.15, 0.2) is 24.3 Å². The van der Waals surface area contributed by atoms with Crippen LogP contribution in [-0.4, -0.2) is 53.6 Å². The monoisotopic (exact) mass is 460 g/mol. The molecule has 3 atom stereocenters. The van der Waals surface area contributed by atoms with Crippen molar-refractivity contribution in [2.45, 2.75) is 25.6 Å². The molecule has 4 rings (SSSR count). The molecule has 0 fully saturated rings. The Kier molecular flexibility index (Phi) is 6.16. The van der Waals surface area contributed by atoms with Gasteiger partial charge in [-0.2, -0.15) is 0 Å². The van der Waals surface area contributed by atoms with Gasteiger partial charge in [-0.15, -0.1) is 0 Å². The summed E-state index contributed by atoms with van der Waals surface area (Å²) in [6.45, 7) is 3.79. The number of hydrogen-bond acceptors (Lipinski definition) is 9. The van der Waals surface area contributed by atoms with Crippen LogP contribution in [0, 0.1) is 5.92 Å². The summed E-state index contributed by atoms with van der Waals surface area (Å²) in [6.07, 6.45) is 0. The van der Waals surface area contributed by atoms with Crippen LogP contribution in [0.5, 0.6) is 34.5 Å². The Morgan fingerprint density at radius 2 is 1.61 bits per heavy atom. The molecule has 9 nitrogen and oxygen atoms in total. The number of benzene rings is 2. The SMILES string of the molecule is CCOC(=O)[C@@H]1[C@@H](c2cc(OC)c(OC)c(OC)c2)c2cc3c(cc2O[C@]1(C)OC)OCO3. The number of hydrogen-bond donors (Lipinski definition) is 0. The minimum atomic E-state index is -1.32. The summed E-state index contributed by atoms with van der Waals surface area (Å²) >= 11 is 0. The highest BCUT2D eigenvalue weighted by atomic mass is 16.7. The number of methoxy groups -OCH3 is 4. The fourth-order valence-corrected chi connectivity index (χ4v) is 4.44. The lowest BCUT2D eigenvalue weighted by atomic mass is 9.74. The van der Waals surface area contributed by atoms with Crippen molar-refractivity contribution < 1.29 is 42.7 Å². The van der Waals surface area contributed by atoms with Crippen LogP contribution in [0.1, 0.15) is 30.9 Å². The molecule has 0 aliphatic carbocycles. The number of rotatable bonds is 7. The van der Waals surface area contributed by atoms with E-state index in [1.807, 2.05) is 18.2 Å². The maximum Gasteiger partial charge on any atom is 0.316 e. The summed E-state index contributed by atoms with van der Waals surface area (Å²) in [4.78, 5) is 13.3. The molecule has 0 radical (unpaired) electrons. The Hall–Kier alpha value is -3.33. The van der Waals surface area contributed by atoms with Gasteiger partial charge in [0.2, 0.25) is 18.3 Å². The second kappa shape index (κ2) is 8.90. The molecule has 2 heterocycles. The summed E-state index contributed by atoms with van der Waals surface area (Å²) < 4.78 is 45.2. The molecular weight excluding hydrogens is 432 g/mol. The Morgan fingerprint density at radius 1 is 0.970 bits per heavy atom. The first kappa shape index (κ1) is 22.8. The average molecular weight is 460 g/mol. The van der Waals surface area contributed by atoms with Crippen molar-refractivity contribution in [1.82, 2.24) is 0 Å². The molecule has 0 unspecified atom stereocenters. The lowest BCUT2D eigenvalue weighted by molar-refractivity contribution is -0.212. The third-order valence-electron chi connectivity index (χ3n) is 6.04. The minimum Gasteiger partial charge on any atom is -0.493 e. The van der Waals surface area contributed by atoms with Gasteiger partial charge in [0.15, 0.2) is 23.0 Å². The third-order valence-corrected chi connectivity index (χ3v) is 6.04. The van der Waals surface area contributed by atoms with Gasteiger partial charge in [-0.3, -0.25) is 4.79 Å². The number of carbonyl (C=O) groups excluding carboxylic acids is 1. The van der Waals surface area contributed by atoms with Gasteiger partial charge < -0.3 is 37.9 Å². The first-order valence-electron chi connectivity index (χ1n) is 10.5. The summed E-state index contributed by atoms with van der Waals surface area (Å²) in [6, 6.07) is 7.20. The zero-order valence-electron chi connectivity index (χ0n) is 19.6. The number of fused-ring (bicyclic) bond motifs is 2. The molecule has 0 spiro atoms. The van der Waals surface area contributed by atoms with Crippen molar-refractivity contribution in [2.24, 2.45) is 5.92 Å². The van der Waals surface area contributed by atoms with Gasteiger partial charge in [0.25, 0.3) is 0 Å². The molecule has 2 aromatic carbocycles. The van der Waals surface area contributed by atoms with E-state index >= 15 is 0 Å². The van der Waals surface area contributed by atoms with Gasteiger partial charge in [-0.25, -0.2) is 0 Å². The smallest absolute Gasteiger partial charge is 0.316 e. The average Bonchev–Trinajstić information content (AvgIpc) is 3.28. The zero-order chi connectivity index (χ0) is 23.8. The second-order valence-electron chi connectivity index (χ2n) is 7.73. The molecule has 9 heteroatoms. The van der Waals surface area contributed by atoms with Gasteiger partial charge in [-0.05, 0) is 30.7 Å². The predicted molar refractivity (Wildman–Crippen MR) is 117 cm³/mol. The molecule has 2 aliphatic rings. The van der Waals surface area contributed by atoms with E-state index in [2.05, 4.69) is 0 Å². The quantitative estimate of drug-likeness (QED) is 0.576. The molecule has 178 valence electrons. The van der Waals surface area contributed by atoms with Crippen LogP contribution in [0.25, 0.3) is 0 Å². The predicted octanol–water partition coefficient (Wildman–Crippen LogP) is 3.51. The maximum atomic E-state index is 13.3. The van der Waals surface area contributed by atoms with Gasteiger partial charge in [-0.1, -0.05) is 0 Å². The van der Waals surface area contributed by atoms with Crippen LogP contribution in [-0.2, 0) is 14.3 Å². The van der Waals surface area contributed by atoms with E-state index in [1.54, 1.807) is 34.1 Å². The second-order valence-corrected chi connectivity index (χ2v) is 7.73. The van der Waals surface area contributed by atoms with Crippen LogP contribution in [0.4, 0.5) is 0 Å². The molecule has 2 aromatic rings. The number of esters is 1. The maximum absolute atomic E-state index is 13.3. The molecule has 0 amide bonds. The minimum absolute atomic E-state index is 0.107. The van der Waals surface area contributed by atoms with Crippen molar-refractivity contribution in [1.29, 1.82) is 0 Å². The summed E-state index contributed by atoms with van der Waals surface area (Å²) in [7, 11) is 6.11. The van der Waals surface area contributed by atoms with Gasteiger partial charge in [0, 0.05) is 31.6 Å². The third kappa shape index (κ3) is 3.76. The lowest BCUT2D eigenvalue weighted by Crippen LogP contribution is -2.52. The first-order chi connectivity index (χ1) is 15.9. The Bertz CT molecular complexity index is 1030. The highest BCUT2D eigenvalue weighted by Gasteiger charge is 2.53. The van der Waals surface area contributed by atoms with Crippen molar-refractivity contribution >= 4 is 5.97 Å². The molecule has 0 bridgehead atoms. The van der Waals surface area contributed by atoms with Crippen molar-refractivity contribution in [2.75, 3.05) is 41.8 Å². The van der Waals surface area contributed by atoms with E-state index in [0.29, 0.717) is 34.5 Å². The topological polar surface area (TPSA) is 90.9 Å². The molecule has 0 saturated heterocycles. The van der Waals surface area contributed by atoms with E-state index in [9.17, 15) is 4.79 Å². The van der Waals surface area contributed by atoms with Crippen molar-refractivity contribution in [3.05, 3.63) is 35.4 Å². The molecule has 0 saturated carbocycles. The van der Waals surface area contributed by atoms with Crippen LogP contribution in [0.3, 0.4) is 0 Å². The zero-order valence-corrected chi connectivity index (χ0v) is 19.6. The van der Waals surface area contributed by atoms with Crippen LogP contribution in [0.2, 0.25) is 0 Å². The molecule has 0 N–H and O–H groups in total. The number of ether oxygens (including phenoxy) is 8. The van der Waals surface area contributed by atoms with Crippen LogP contribution >= 0.6 is 0 Å². The van der Waals surface area contributed by atoms with E-state index in [1.165, 1.54) is 14.2 Å². The van der Waals surface area contributed by atoms with E-state index in [-0.39, 0.29) is 13.4 Å². The normalized spacial score (nSPS) is 22.7. The van der Waals surface area contributed by atoms with Crippen molar-refractivity contribution in [3.8, 4) is 34.5 Å². The molecular formula is C24H28O9. The summed E-state index contributed by atoms with van der Waals surface area (Å²) in [5.41, 5.74) is 1.45. The molecule has 33 heavy (non-hydrogen) atoms. The van der Waals surface area contributed by atoms with Crippen LogP contribution < -0.4 is 28.4 Å². The number of carbonyl (C=O) groups is 1. The van der Waals surface area contributed by atoms with Crippen molar-refractivity contribution in [3.63, 3.8) is 0 Å². The molecule has 0 aromatic heterocycles. The largest absolute Gasteiger partial charge is 0.493 e. The fraction of sp³-hybridized carbons (Fsp3) is 0.458. The summed E-state index contributed by atoms with van der Waals surface area (Å²) in [5, 5.41) is 0. The Labute approximate surface area is 192 Å². The van der Waals surface area contributed by atoms with E-state index in [4.69, 9.17) is 37.9 Å². The summed E-state index contributed by atoms with van der Waals surface area (Å²) in [5.74, 6) is -0.152. The lowest BCUT2D eigenvalue weighted by Gasteiger charge is -2.44. The Balaban J connectivity index is 1.99. The fourth-order valence-electron chi connectivity index (χ4n) is 4.44. The highest BCUT2D eigenvalue weighted by molar-refractivity contribution is 5.78. The molecule has 2 aliphatic heterocycles. The van der Waals surface area contributed by atoms with Gasteiger partial charge in [0.05, 0.1) is 27.9 Å². The van der Waals surface area contributed by atoms with Gasteiger partial charge in [0.1, 0.15) is 11.7 Å².